The molecule has 1 saturated heterocycles. The molecule has 0 unspecified atom stereocenters. The molecule has 6 nitrogen and oxygen atoms in total. The highest BCUT2D eigenvalue weighted by atomic mass is 19.4. The third-order valence-electron chi connectivity index (χ3n) is 6.25. The second-order valence-corrected chi connectivity index (χ2v) is 8.67. The summed E-state index contributed by atoms with van der Waals surface area (Å²) in [4.78, 5) is 32.4. The highest BCUT2D eigenvalue weighted by molar-refractivity contribution is 5.98. The maximum Gasteiger partial charge on any atom is 0.419 e. The van der Waals surface area contributed by atoms with E-state index in [2.05, 4.69) is 26.9 Å². The number of aryl methyl sites for hydroxylation is 2. The summed E-state index contributed by atoms with van der Waals surface area (Å²) < 4.78 is 38.4. The Hall–Kier alpha value is -3.36. The lowest BCUT2D eigenvalue weighted by Gasteiger charge is -2.40. The minimum Gasteiger partial charge on any atom is -0.334 e. The number of pyridine rings is 2. The molecular weight excluding hydrogens is 443 g/mol. The molecule has 0 N–H and O–H groups in total. The van der Waals surface area contributed by atoms with Gasteiger partial charge in [0.15, 0.2) is 0 Å². The fraction of sp³-hybridized carbons (Fsp3) is 0.400. The molecule has 1 amide bonds. The van der Waals surface area contributed by atoms with Crippen LogP contribution in [0, 0.1) is 12.8 Å². The number of amides is 1. The molecule has 1 fully saturated rings. The van der Waals surface area contributed by atoms with E-state index in [9.17, 15) is 18.0 Å². The van der Waals surface area contributed by atoms with E-state index in [0.717, 1.165) is 30.9 Å². The summed E-state index contributed by atoms with van der Waals surface area (Å²) in [7, 11) is 0. The first-order chi connectivity index (χ1) is 16.2. The molecule has 0 bridgehead atoms. The molecule has 0 radical (unpaired) electrons. The lowest BCUT2D eigenvalue weighted by atomic mass is 9.87. The number of nitrogens with zero attached hydrogens (tertiary/aromatic N) is 5. The molecule has 1 aliphatic rings. The minimum atomic E-state index is -4.47. The highest BCUT2D eigenvalue weighted by Crippen LogP contribution is 2.31. The van der Waals surface area contributed by atoms with Gasteiger partial charge in [0, 0.05) is 48.9 Å². The van der Waals surface area contributed by atoms with Gasteiger partial charge in [-0.1, -0.05) is 13.0 Å². The normalized spacial score (nSPS) is 18.7. The van der Waals surface area contributed by atoms with Crippen LogP contribution in [-0.4, -0.2) is 43.3 Å². The molecule has 9 heteroatoms. The van der Waals surface area contributed by atoms with Gasteiger partial charge in [-0.25, -0.2) is 15.0 Å². The van der Waals surface area contributed by atoms with Crippen LogP contribution >= 0.6 is 0 Å². The molecule has 4 heterocycles. The second-order valence-electron chi connectivity index (χ2n) is 8.67. The van der Waals surface area contributed by atoms with Crippen LogP contribution in [0.5, 0.6) is 0 Å². The zero-order valence-electron chi connectivity index (χ0n) is 19.1. The number of alkyl halides is 3. The maximum absolute atomic E-state index is 13.7. The van der Waals surface area contributed by atoms with Crippen LogP contribution in [-0.2, 0) is 12.6 Å². The largest absolute Gasteiger partial charge is 0.419 e. The van der Waals surface area contributed by atoms with Crippen LogP contribution in [0.2, 0.25) is 0 Å². The zero-order valence-corrected chi connectivity index (χ0v) is 19.1. The van der Waals surface area contributed by atoms with Crippen LogP contribution in [0.3, 0.4) is 0 Å². The van der Waals surface area contributed by atoms with Crippen molar-refractivity contribution < 1.29 is 18.0 Å². The van der Waals surface area contributed by atoms with Crippen molar-refractivity contribution in [2.75, 3.05) is 6.54 Å². The summed E-state index contributed by atoms with van der Waals surface area (Å²) in [6.45, 7) is 4.54. The van der Waals surface area contributed by atoms with Crippen LogP contribution in [0.25, 0.3) is 11.3 Å². The molecule has 0 spiro atoms. The van der Waals surface area contributed by atoms with Gasteiger partial charge in [-0.2, -0.15) is 13.2 Å². The number of hydrogen-bond donors (Lipinski definition) is 0. The van der Waals surface area contributed by atoms with Crippen molar-refractivity contribution in [2.24, 2.45) is 5.92 Å². The molecule has 34 heavy (non-hydrogen) atoms. The lowest BCUT2D eigenvalue weighted by Crippen LogP contribution is -2.48. The molecule has 3 aromatic rings. The molecule has 0 saturated carbocycles. The zero-order chi connectivity index (χ0) is 24.3. The summed E-state index contributed by atoms with van der Waals surface area (Å²) >= 11 is 0. The van der Waals surface area contributed by atoms with Crippen LogP contribution in [0.4, 0.5) is 13.2 Å². The SMILES string of the molecule is Cc1ccc(-c2ccccn2)c(C(=O)N2CCC[C@@H](C)[C@H]2CCc2ncc(C(F)(F)F)cn2)n1. The third kappa shape index (κ3) is 5.24. The molecule has 178 valence electrons. The molecule has 0 aromatic carbocycles. The third-order valence-corrected chi connectivity index (χ3v) is 6.25. The van der Waals surface area contributed by atoms with Crippen LogP contribution < -0.4 is 0 Å². The van der Waals surface area contributed by atoms with E-state index in [1.807, 2.05) is 42.2 Å². The van der Waals surface area contributed by atoms with E-state index >= 15 is 0 Å². The van der Waals surface area contributed by atoms with E-state index in [-0.39, 0.29) is 17.9 Å². The van der Waals surface area contributed by atoms with E-state index in [1.54, 1.807) is 6.20 Å². The van der Waals surface area contributed by atoms with Gasteiger partial charge in [0.25, 0.3) is 5.91 Å². The number of rotatable bonds is 5. The van der Waals surface area contributed by atoms with Gasteiger partial charge in [-0.05, 0) is 56.4 Å². The van der Waals surface area contributed by atoms with Gasteiger partial charge in [0.05, 0.1) is 11.3 Å². The Morgan fingerprint density at radius 1 is 1.12 bits per heavy atom. The number of carbonyl (C=O) groups is 1. The molecule has 1 aliphatic heterocycles. The Morgan fingerprint density at radius 2 is 1.88 bits per heavy atom. The summed E-state index contributed by atoms with van der Waals surface area (Å²) in [5.41, 5.74) is 1.59. The Morgan fingerprint density at radius 3 is 2.56 bits per heavy atom. The summed E-state index contributed by atoms with van der Waals surface area (Å²) in [6.07, 6.45) is 1.62. The number of carbonyl (C=O) groups excluding carboxylic acids is 1. The minimum absolute atomic E-state index is 0.0916. The van der Waals surface area contributed by atoms with E-state index in [1.165, 1.54) is 0 Å². The fourth-order valence-electron chi connectivity index (χ4n) is 4.43. The quantitative estimate of drug-likeness (QED) is 0.518. The van der Waals surface area contributed by atoms with Crippen molar-refractivity contribution >= 4 is 5.91 Å². The van der Waals surface area contributed by atoms with Crippen molar-refractivity contribution in [1.82, 2.24) is 24.8 Å². The first-order valence-corrected chi connectivity index (χ1v) is 11.3. The monoisotopic (exact) mass is 469 g/mol. The Balaban J connectivity index is 1.57. The Bertz CT molecular complexity index is 1140. The fourth-order valence-corrected chi connectivity index (χ4v) is 4.43. The van der Waals surface area contributed by atoms with Gasteiger partial charge in [-0.15, -0.1) is 0 Å². The smallest absolute Gasteiger partial charge is 0.334 e. The second kappa shape index (κ2) is 9.87. The molecule has 4 rings (SSSR count). The lowest BCUT2D eigenvalue weighted by molar-refractivity contribution is -0.138. The van der Waals surface area contributed by atoms with Crippen LogP contribution in [0.15, 0.2) is 48.9 Å². The van der Waals surface area contributed by atoms with Gasteiger partial charge in [0.1, 0.15) is 11.5 Å². The summed E-state index contributed by atoms with van der Waals surface area (Å²) in [5, 5.41) is 0. The number of aromatic nitrogens is 4. The van der Waals surface area contributed by atoms with Gasteiger partial charge in [-0.3, -0.25) is 9.78 Å². The molecule has 3 aromatic heterocycles. The van der Waals surface area contributed by atoms with Crippen molar-refractivity contribution in [3.8, 4) is 11.3 Å². The number of likely N-dealkylation sites (tertiary alicyclic amines) is 1. The average Bonchev–Trinajstić information content (AvgIpc) is 2.83. The number of piperidine rings is 1. The number of halogens is 3. The molecule has 2 atom stereocenters. The van der Waals surface area contributed by atoms with Crippen molar-refractivity contribution in [3.05, 3.63) is 71.7 Å². The van der Waals surface area contributed by atoms with Crippen molar-refractivity contribution in [1.29, 1.82) is 0 Å². The Kier molecular flexibility index (Phi) is 6.90. The van der Waals surface area contributed by atoms with Crippen molar-refractivity contribution in [2.45, 2.75) is 51.7 Å². The summed E-state index contributed by atoms with van der Waals surface area (Å²) in [6, 6.07) is 9.17. The first-order valence-electron chi connectivity index (χ1n) is 11.3. The standard InChI is InChI=1S/C25H26F3N5O/c1-16-6-5-13-33(21(16)10-11-22-30-14-18(15-31-22)25(26,27)28)24(34)23-19(9-8-17(2)32-23)20-7-3-4-12-29-20/h3-4,7-9,12,14-16,21H,5-6,10-11,13H2,1-2H3/t16-,21-/m1/s1. The highest BCUT2D eigenvalue weighted by Gasteiger charge is 2.34. The van der Waals surface area contributed by atoms with Gasteiger partial charge >= 0.3 is 6.18 Å². The van der Waals surface area contributed by atoms with E-state index in [4.69, 9.17) is 0 Å². The van der Waals surface area contributed by atoms with E-state index < -0.39 is 11.7 Å². The average molecular weight is 470 g/mol. The molecule has 0 aliphatic carbocycles. The topological polar surface area (TPSA) is 71.9 Å². The van der Waals surface area contributed by atoms with Crippen molar-refractivity contribution in [3.63, 3.8) is 0 Å². The predicted molar refractivity (Wildman–Crippen MR) is 121 cm³/mol. The summed E-state index contributed by atoms with van der Waals surface area (Å²) in [5.74, 6) is 0.408. The van der Waals surface area contributed by atoms with Crippen LogP contribution in [0.1, 0.15) is 53.8 Å². The maximum atomic E-state index is 13.7. The first kappa shape index (κ1) is 23.8. The van der Waals surface area contributed by atoms with Gasteiger partial charge in [0.2, 0.25) is 0 Å². The van der Waals surface area contributed by atoms with E-state index in [0.29, 0.717) is 42.2 Å². The number of hydrogen-bond acceptors (Lipinski definition) is 5. The Labute approximate surface area is 196 Å². The predicted octanol–water partition coefficient (Wildman–Crippen LogP) is 5.13. The molecular formula is C25H26F3N5O. The van der Waals surface area contributed by atoms with Gasteiger partial charge < -0.3 is 4.90 Å².